The maximum atomic E-state index is 12.6. The number of carbonyl (C=O) groups excluding carboxylic acids is 2. The highest BCUT2D eigenvalue weighted by Gasteiger charge is 2.27. The molecule has 0 N–H and O–H groups in total. The third-order valence-electron chi connectivity index (χ3n) is 5.30. The number of benzene rings is 2. The minimum absolute atomic E-state index is 0.0112. The zero-order valence-corrected chi connectivity index (χ0v) is 18.3. The quantitative estimate of drug-likeness (QED) is 0.403. The van der Waals surface area contributed by atoms with Crippen molar-refractivity contribution in [2.45, 2.75) is 24.7 Å². The second-order valence-electron chi connectivity index (χ2n) is 7.33. The van der Waals surface area contributed by atoms with Crippen molar-refractivity contribution in [3.8, 4) is 0 Å². The molecule has 1 fully saturated rings. The summed E-state index contributed by atoms with van der Waals surface area (Å²) in [7, 11) is -3.55. The third-order valence-corrected chi connectivity index (χ3v) is 7.45. The molecule has 31 heavy (non-hydrogen) atoms. The van der Waals surface area contributed by atoms with E-state index in [9.17, 15) is 18.0 Å². The van der Waals surface area contributed by atoms with Gasteiger partial charge in [0.05, 0.1) is 4.90 Å². The first-order valence-corrected chi connectivity index (χ1v) is 11.6. The van der Waals surface area contributed by atoms with Crippen molar-refractivity contribution in [3.05, 3.63) is 64.4 Å². The van der Waals surface area contributed by atoms with Crippen molar-refractivity contribution in [2.24, 2.45) is 0 Å². The smallest absolute Gasteiger partial charge is 0.375 e. The first-order valence-electron chi connectivity index (χ1n) is 9.76. The van der Waals surface area contributed by atoms with Crippen LogP contribution in [-0.4, -0.2) is 44.2 Å². The minimum Gasteiger partial charge on any atom is -0.451 e. The van der Waals surface area contributed by atoms with Crippen LogP contribution in [0.25, 0.3) is 11.0 Å². The SMILES string of the molecule is Cc1c(C(=O)OCC(=O)c2ccc(S(=O)(=O)N3CCCC3)cc2)oc2ccc(Cl)cc12. The average Bonchev–Trinajstić information content (AvgIpc) is 3.41. The molecular formula is C22H20ClNO6S. The van der Waals surface area contributed by atoms with Gasteiger partial charge >= 0.3 is 5.97 Å². The van der Waals surface area contributed by atoms with Crippen molar-refractivity contribution in [3.63, 3.8) is 0 Å². The number of esters is 1. The molecule has 0 saturated carbocycles. The summed E-state index contributed by atoms with van der Waals surface area (Å²) in [5.74, 6) is -1.20. The number of carbonyl (C=O) groups is 2. The molecule has 0 radical (unpaired) electrons. The van der Waals surface area contributed by atoms with Gasteiger partial charge in [0.2, 0.25) is 15.8 Å². The zero-order chi connectivity index (χ0) is 22.2. The van der Waals surface area contributed by atoms with Crippen LogP contribution >= 0.6 is 11.6 Å². The molecule has 2 aromatic carbocycles. The highest BCUT2D eigenvalue weighted by atomic mass is 35.5. The van der Waals surface area contributed by atoms with E-state index in [2.05, 4.69) is 0 Å². The Balaban J connectivity index is 1.43. The van der Waals surface area contributed by atoms with Crippen LogP contribution < -0.4 is 0 Å². The number of ketones is 1. The van der Waals surface area contributed by atoms with Crippen LogP contribution in [0, 0.1) is 6.92 Å². The van der Waals surface area contributed by atoms with E-state index >= 15 is 0 Å². The van der Waals surface area contributed by atoms with Gasteiger partial charge in [-0.1, -0.05) is 11.6 Å². The Kier molecular flexibility index (Phi) is 5.88. The molecule has 3 aromatic rings. The van der Waals surface area contributed by atoms with E-state index < -0.39 is 28.4 Å². The fourth-order valence-electron chi connectivity index (χ4n) is 3.56. The first-order chi connectivity index (χ1) is 14.8. The van der Waals surface area contributed by atoms with E-state index in [1.807, 2.05) is 0 Å². The third kappa shape index (κ3) is 4.23. The number of ether oxygens (including phenoxy) is 1. The fraction of sp³-hybridized carbons (Fsp3) is 0.273. The van der Waals surface area contributed by atoms with Crippen molar-refractivity contribution in [1.82, 2.24) is 4.31 Å². The maximum absolute atomic E-state index is 12.6. The predicted octanol–water partition coefficient (Wildman–Crippen LogP) is 4.22. The van der Waals surface area contributed by atoms with E-state index in [-0.39, 0.29) is 16.2 Å². The van der Waals surface area contributed by atoms with E-state index in [0.29, 0.717) is 34.6 Å². The number of sulfonamides is 1. The van der Waals surface area contributed by atoms with Gasteiger partial charge in [-0.05, 0) is 62.2 Å². The van der Waals surface area contributed by atoms with Crippen LogP contribution in [0.4, 0.5) is 0 Å². The number of nitrogens with zero attached hydrogens (tertiary/aromatic N) is 1. The molecule has 1 aromatic heterocycles. The molecule has 9 heteroatoms. The largest absolute Gasteiger partial charge is 0.451 e. The van der Waals surface area contributed by atoms with Crippen molar-refractivity contribution in [1.29, 1.82) is 0 Å². The van der Waals surface area contributed by atoms with Crippen LogP contribution in [0.5, 0.6) is 0 Å². The highest BCUT2D eigenvalue weighted by molar-refractivity contribution is 7.89. The van der Waals surface area contributed by atoms with Crippen LogP contribution in [-0.2, 0) is 14.8 Å². The predicted molar refractivity (Wildman–Crippen MR) is 115 cm³/mol. The monoisotopic (exact) mass is 461 g/mol. The Hall–Kier alpha value is -2.68. The normalized spacial score (nSPS) is 14.8. The number of hydrogen-bond acceptors (Lipinski definition) is 6. The fourth-order valence-corrected chi connectivity index (χ4v) is 5.25. The Morgan fingerprint density at radius 2 is 1.77 bits per heavy atom. The molecule has 4 rings (SSSR count). The number of halogens is 1. The number of Topliss-reactive ketones (excluding diaryl/α,β-unsaturated/α-hetero) is 1. The molecule has 0 amide bonds. The lowest BCUT2D eigenvalue weighted by Gasteiger charge is -2.15. The summed E-state index contributed by atoms with van der Waals surface area (Å²) in [6.45, 7) is 2.23. The highest BCUT2D eigenvalue weighted by Crippen LogP contribution is 2.28. The average molecular weight is 462 g/mol. The number of hydrogen-bond donors (Lipinski definition) is 0. The summed E-state index contributed by atoms with van der Waals surface area (Å²) in [6.07, 6.45) is 1.69. The lowest BCUT2D eigenvalue weighted by molar-refractivity contribution is 0.0445. The molecule has 0 spiro atoms. The topological polar surface area (TPSA) is 93.9 Å². The Morgan fingerprint density at radius 3 is 2.45 bits per heavy atom. The molecule has 1 aliphatic rings. The van der Waals surface area contributed by atoms with E-state index in [1.165, 1.54) is 28.6 Å². The van der Waals surface area contributed by atoms with Gasteiger partial charge in [-0.15, -0.1) is 0 Å². The van der Waals surface area contributed by atoms with Gasteiger partial charge in [0.15, 0.2) is 12.4 Å². The maximum Gasteiger partial charge on any atom is 0.375 e. The van der Waals surface area contributed by atoms with Gasteiger partial charge in [0, 0.05) is 34.6 Å². The summed E-state index contributed by atoms with van der Waals surface area (Å²) in [5.41, 5.74) is 1.32. The van der Waals surface area contributed by atoms with Gasteiger partial charge in [0.1, 0.15) is 5.58 Å². The molecular weight excluding hydrogens is 442 g/mol. The van der Waals surface area contributed by atoms with Crippen molar-refractivity contribution < 1.29 is 27.2 Å². The van der Waals surface area contributed by atoms with Gasteiger partial charge in [-0.3, -0.25) is 4.79 Å². The lowest BCUT2D eigenvalue weighted by Crippen LogP contribution is -2.27. The first kappa shape index (κ1) is 21.5. The minimum atomic E-state index is -3.55. The number of rotatable bonds is 6. The lowest BCUT2D eigenvalue weighted by atomic mass is 10.1. The van der Waals surface area contributed by atoms with Gasteiger partial charge in [-0.2, -0.15) is 4.31 Å². The van der Waals surface area contributed by atoms with E-state index in [1.54, 1.807) is 25.1 Å². The second-order valence-corrected chi connectivity index (χ2v) is 9.71. The van der Waals surface area contributed by atoms with E-state index in [0.717, 1.165) is 12.8 Å². The summed E-state index contributed by atoms with van der Waals surface area (Å²) < 4.78 is 37.2. The summed E-state index contributed by atoms with van der Waals surface area (Å²) in [6, 6.07) is 10.6. The number of furan rings is 1. The Morgan fingerprint density at radius 1 is 1.10 bits per heavy atom. The molecule has 162 valence electrons. The molecule has 1 saturated heterocycles. The van der Waals surface area contributed by atoms with Crippen LogP contribution in [0.15, 0.2) is 51.8 Å². The molecule has 7 nitrogen and oxygen atoms in total. The van der Waals surface area contributed by atoms with E-state index in [4.69, 9.17) is 20.8 Å². The summed E-state index contributed by atoms with van der Waals surface area (Å²) >= 11 is 5.98. The molecule has 0 bridgehead atoms. The summed E-state index contributed by atoms with van der Waals surface area (Å²) in [4.78, 5) is 25.0. The van der Waals surface area contributed by atoms with Gasteiger partial charge in [-0.25, -0.2) is 13.2 Å². The zero-order valence-electron chi connectivity index (χ0n) is 16.8. The van der Waals surface area contributed by atoms with Crippen LogP contribution in [0.3, 0.4) is 0 Å². The Labute approximate surface area is 184 Å². The van der Waals surface area contributed by atoms with Crippen molar-refractivity contribution in [2.75, 3.05) is 19.7 Å². The second kappa shape index (κ2) is 8.45. The molecule has 0 atom stereocenters. The van der Waals surface area contributed by atoms with Crippen LogP contribution in [0.2, 0.25) is 5.02 Å². The van der Waals surface area contributed by atoms with Gasteiger partial charge in [0.25, 0.3) is 0 Å². The standard InChI is InChI=1S/C22H20ClNO6S/c1-14-18-12-16(23)6-9-20(18)30-21(14)22(26)29-13-19(25)15-4-7-17(8-5-15)31(27,28)24-10-2-3-11-24/h4-9,12H,2-3,10-11,13H2,1H3. The molecule has 1 aliphatic heterocycles. The molecule has 0 unspecified atom stereocenters. The number of aryl methyl sites for hydroxylation is 1. The molecule has 2 heterocycles. The number of fused-ring (bicyclic) bond motifs is 1. The summed E-state index contributed by atoms with van der Waals surface area (Å²) in [5, 5.41) is 1.21. The van der Waals surface area contributed by atoms with Crippen LogP contribution in [0.1, 0.15) is 39.3 Å². The molecule has 0 aliphatic carbocycles. The van der Waals surface area contributed by atoms with Crippen molar-refractivity contribution >= 4 is 44.3 Å². The Bertz CT molecular complexity index is 1260. The van der Waals surface area contributed by atoms with Gasteiger partial charge < -0.3 is 9.15 Å².